The van der Waals surface area contributed by atoms with E-state index in [1.165, 1.54) is 0 Å². The summed E-state index contributed by atoms with van der Waals surface area (Å²) in [7, 11) is 1.60. The first-order chi connectivity index (χ1) is 7.22. The highest BCUT2D eigenvalue weighted by atomic mass is 35.5. The van der Waals surface area contributed by atoms with Gasteiger partial charge in [0.2, 0.25) is 0 Å². The highest BCUT2D eigenvalue weighted by molar-refractivity contribution is 6.30. The molecule has 0 aliphatic carbocycles. The molecular formula is C11H16ClNO2. The Morgan fingerprint density at radius 2 is 2.13 bits per heavy atom. The molecule has 0 atom stereocenters. The Labute approximate surface area is 95.1 Å². The fourth-order valence-electron chi connectivity index (χ4n) is 1.42. The van der Waals surface area contributed by atoms with Crippen molar-refractivity contribution >= 4 is 11.6 Å². The predicted octanol–water partition coefficient (Wildman–Crippen LogP) is 2.25. The molecule has 0 unspecified atom stereocenters. The Bertz CT molecular complexity index is 329. The second-order valence-corrected chi connectivity index (χ2v) is 3.50. The maximum Gasteiger partial charge on any atom is 0.164 e. The number of halogens is 1. The number of hydrogen-bond acceptors (Lipinski definition) is 3. The van der Waals surface area contributed by atoms with E-state index in [9.17, 15) is 0 Å². The van der Waals surface area contributed by atoms with Crippen LogP contribution in [0.25, 0.3) is 0 Å². The van der Waals surface area contributed by atoms with Crippen LogP contribution in [-0.2, 0) is 6.42 Å². The van der Waals surface area contributed by atoms with E-state index < -0.39 is 0 Å². The number of ether oxygens (including phenoxy) is 2. The first-order valence-corrected chi connectivity index (χ1v) is 5.30. The van der Waals surface area contributed by atoms with Gasteiger partial charge in [0.1, 0.15) is 0 Å². The van der Waals surface area contributed by atoms with E-state index in [0.29, 0.717) is 23.9 Å². The van der Waals surface area contributed by atoms with Gasteiger partial charge in [-0.3, -0.25) is 0 Å². The highest BCUT2D eigenvalue weighted by Crippen LogP contribution is 2.34. The van der Waals surface area contributed by atoms with E-state index in [1.807, 2.05) is 13.0 Å². The van der Waals surface area contributed by atoms with Crippen LogP contribution in [0, 0.1) is 0 Å². The van der Waals surface area contributed by atoms with Crippen molar-refractivity contribution in [3.05, 3.63) is 22.7 Å². The molecule has 0 fully saturated rings. The van der Waals surface area contributed by atoms with Gasteiger partial charge in [0.15, 0.2) is 11.5 Å². The van der Waals surface area contributed by atoms with Crippen molar-refractivity contribution in [2.24, 2.45) is 5.73 Å². The van der Waals surface area contributed by atoms with Crippen molar-refractivity contribution in [1.29, 1.82) is 0 Å². The zero-order valence-corrected chi connectivity index (χ0v) is 9.80. The molecule has 0 aliphatic heterocycles. The molecule has 0 aromatic heterocycles. The molecule has 0 bridgehead atoms. The third-order valence-corrected chi connectivity index (χ3v) is 2.24. The third-order valence-electron chi connectivity index (χ3n) is 2.02. The van der Waals surface area contributed by atoms with E-state index in [1.54, 1.807) is 13.2 Å². The lowest BCUT2D eigenvalue weighted by Crippen LogP contribution is -2.06. The van der Waals surface area contributed by atoms with Crippen LogP contribution in [0.4, 0.5) is 0 Å². The maximum absolute atomic E-state index is 5.96. The van der Waals surface area contributed by atoms with Gasteiger partial charge in [-0.2, -0.15) is 0 Å². The average molecular weight is 230 g/mol. The molecule has 0 saturated heterocycles. The summed E-state index contributed by atoms with van der Waals surface area (Å²) < 4.78 is 10.7. The van der Waals surface area contributed by atoms with E-state index in [0.717, 1.165) is 17.7 Å². The molecule has 0 spiro atoms. The summed E-state index contributed by atoms with van der Waals surface area (Å²) in [4.78, 5) is 0. The van der Waals surface area contributed by atoms with Crippen molar-refractivity contribution in [3.63, 3.8) is 0 Å². The van der Waals surface area contributed by atoms with Crippen LogP contribution in [0.15, 0.2) is 12.1 Å². The fourth-order valence-corrected chi connectivity index (χ4v) is 1.65. The number of nitrogens with two attached hydrogens (primary N) is 1. The summed E-state index contributed by atoms with van der Waals surface area (Å²) >= 11 is 5.96. The minimum Gasteiger partial charge on any atom is -0.493 e. The molecule has 84 valence electrons. The van der Waals surface area contributed by atoms with Gasteiger partial charge in [-0.1, -0.05) is 11.6 Å². The van der Waals surface area contributed by atoms with Crippen LogP contribution < -0.4 is 15.2 Å². The number of methoxy groups -OCH3 is 1. The maximum atomic E-state index is 5.96. The molecule has 0 aliphatic rings. The van der Waals surface area contributed by atoms with Gasteiger partial charge in [-0.15, -0.1) is 0 Å². The lowest BCUT2D eigenvalue weighted by Gasteiger charge is -2.14. The van der Waals surface area contributed by atoms with Crippen LogP contribution in [0.2, 0.25) is 5.02 Å². The zero-order valence-electron chi connectivity index (χ0n) is 9.05. The van der Waals surface area contributed by atoms with Crippen molar-refractivity contribution in [2.45, 2.75) is 13.3 Å². The molecule has 0 radical (unpaired) electrons. The lowest BCUT2D eigenvalue weighted by atomic mass is 10.1. The topological polar surface area (TPSA) is 44.5 Å². The monoisotopic (exact) mass is 229 g/mol. The number of hydrogen-bond donors (Lipinski definition) is 1. The summed E-state index contributed by atoms with van der Waals surface area (Å²) in [5.41, 5.74) is 6.52. The van der Waals surface area contributed by atoms with Crippen molar-refractivity contribution in [3.8, 4) is 11.5 Å². The molecule has 0 heterocycles. The van der Waals surface area contributed by atoms with Gasteiger partial charge >= 0.3 is 0 Å². The summed E-state index contributed by atoms with van der Waals surface area (Å²) in [5, 5.41) is 0.638. The smallest absolute Gasteiger partial charge is 0.164 e. The van der Waals surface area contributed by atoms with Crippen molar-refractivity contribution in [1.82, 2.24) is 0 Å². The van der Waals surface area contributed by atoms with E-state index in [2.05, 4.69) is 0 Å². The standard InChI is InChI=1S/C11H16ClNO2/c1-3-15-11-8(4-5-13)6-9(12)7-10(11)14-2/h6-7H,3-5,13H2,1-2H3. The molecule has 4 heteroatoms. The van der Waals surface area contributed by atoms with Gasteiger partial charge < -0.3 is 15.2 Å². The molecule has 0 saturated carbocycles. The Hall–Kier alpha value is -0.930. The summed E-state index contributed by atoms with van der Waals surface area (Å²) in [6, 6.07) is 3.61. The normalized spacial score (nSPS) is 10.1. The molecule has 0 amide bonds. The van der Waals surface area contributed by atoms with E-state index >= 15 is 0 Å². The first-order valence-electron chi connectivity index (χ1n) is 4.92. The Balaban J connectivity index is 3.14. The molecule has 1 rings (SSSR count). The van der Waals surface area contributed by atoms with Crippen LogP contribution in [0.3, 0.4) is 0 Å². The molecule has 1 aromatic rings. The second-order valence-electron chi connectivity index (χ2n) is 3.07. The fraction of sp³-hybridized carbons (Fsp3) is 0.455. The van der Waals surface area contributed by atoms with Gasteiger partial charge in [0.25, 0.3) is 0 Å². The SMILES string of the molecule is CCOc1c(CCN)cc(Cl)cc1OC. The van der Waals surface area contributed by atoms with E-state index in [4.69, 9.17) is 26.8 Å². The summed E-state index contributed by atoms with van der Waals surface area (Å²) in [6.45, 7) is 3.08. The quantitative estimate of drug-likeness (QED) is 0.842. The molecule has 3 nitrogen and oxygen atoms in total. The third kappa shape index (κ3) is 3.01. The molecular weight excluding hydrogens is 214 g/mol. The van der Waals surface area contributed by atoms with Gasteiger partial charge in [0.05, 0.1) is 13.7 Å². The van der Waals surface area contributed by atoms with Crippen LogP contribution in [0.1, 0.15) is 12.5 Å². The highest BCUT2D eigenvalue weighted by Gasteiger charge is 2.11. The minimum atomic E-state index is 0.559. The molecule has 2 N–H and O–H groups in total. The summed E-state index contributed by atoms with van der Waals surface area (Å²) in [5.74, 6) is 1.41. The van der Waals surface area contributed by atoms with Gasteiger partial charge in [-0.05, 0) is 26.0 Å². The lowest BCUT2D eigenvalue weighted by molar-refractivity contribution is 0.307. The average Bonchev–Trinajstić information content (AvgIpc) is 2.22. The van der Waals surface area contributed by atoms with Crippen LogP contribution >= 0.6 is 11.6 Å². The minimum absolute atomic E-state index is 0.559. The molecule has 1 aromatic carbocycles. The molecule has 15 heavy (non-hydrogen) atoms. The predicted molar refractivity (Wildman–Crippen MR) is 61.9 cm³/mol. The Kier molecular flexibility index (Phi) is 4.72. The second kappa shape index (κ2) is 5.83. The summed E-state index contributed by atoms with van der Waals surface area (Å²) in [6.07, 6.45) is 0.728. The number of benzene rings is 1. The Morgan fingerprint density at radius 3 is 2.67 bits per heavy atom. The van der Waals surface area contributed by atoms with Gasteiger partial charge in [-0.25, -0.2) is 0 Å². The van der Waals surface area contributed by atoms with Crippen LogP contribution in [-0.4, -0.2) is 20.3 Å². The van der Waals surface area contributed by atoms with Gasteiger partial charge in [0, 0.05) is 16.7 Å². The zero-order chi connectivity index (χ0) is 11.3. The van der Waals surface area contributed by atoms with E-state index in [-0.39, 0.29) is 0 Å². The largest absolute Gasteiger partial charge is 0.493 e. The van der Waals surface area contributed by atoms with Crippen molar-refractivity contribution in [2.75, 3.05) is 20.3 Å². The Morgan fingerprint density at radius 1 is 1.40 bits per heavy atom. The van der Waals surface area contributed by atoms with Crippen molar-refractivity contribution < 1.29 is 9.47 Å². The number of rotatable bonds is 5. The van der Waals surface area contributed by atoms with Crippen LogP contribution in [0.5, 0.6) is 11.5 Å². The first kappa shape index (κ1) is 12.1.